The van der Waals surface area contributed by atoms with Crippen molar-refractivity contribution in [2.45, 2.75) is 19.4 Å². The van der Waals surface area contributed by atoms with Crippen LogP contribution in [0.1, 0.15) is 17.4 Å². The fraction of sp³-hybridized carbons (Fsp3) is 0.267. The minimum Gasteiger partial charge on any atom is -0.383 e. The van der Waals surface area contributed by atoms with Crippen LogP contribution in [0, 0.1) is 12.7 Å². The predicted octanol–water partition coefficient (Wildman–Crippen LogP) is 3.22. The van der Waals surface area contributed by atoms with Crippen molar-refractivity contribution in [1.29, 1.82) is 0 Å². The number of hydrogen-bond donors (Lipinski definition) is 3. The molecule has 1 atom stereocenters. The number of urea groups is 1. The lowest BCUT2D eigenvalue weighted by Gasteiger charge is -2.22. The first kappa shape index (κ1) is 15.5. The van der Waals surface area contributed by atoms with E-state index in [0.717, 1.165) is 10.4 Å². The van der Waals surface area contributed by atoms with Gasteiger partial charge in [0, 0.05) is 10.6 Å². The highest BCUT2D eigenvalue weighted by molar-refractivity contribution is 7.10. The van der Waals surface area contributed by atoms with Gasteiger partial charge in [0.15, 0.2) is 0 Å². The van der Waals surface area contributed by atoms with Gasteiger partial charge in [-0.2, -0.15) is 0 Å². The summed E-state index contributed by atoms with van der Waals surface area (Å²) in [5.74, 6) is -0.415. The minimum atomic E-state index is -1.14. The zero-order valence-corrected chi connectivity index (χ0v) is 12.6. The number of rotatable bonds is 4. The average molecular weight is 308 g/mol. The fourth-order valence-electron chi connectivity index (χ4n) is 1.82. The number of carbonyl (C=O) groups is 1. The van der Waals surface area contributed by atoms with Crippen molar-refractivity contribution in [1.82, 2.24) is 5.32 Å². The van der Waals surface area contributed by atoms with E-state index in [0.29, 0.717) is 5.69 Å². The molecule has 0 saturated carbocycles. The monoisotopic (exact) mass is 308 g/mol. The molecule has 0 fully saturated rings. The summed E-state index contributed by atoms with van der Waals surface area (Å²) in [6.07, 6.45) is 0. The molecule has 3 N–H and O–H groups in total. The number of nitrogens with one attached hydrogen (secondary N) is 2. The lowest BCUT2D eigenvalue weighted by atomic mass is 10.1. The third-order valence-electron chi connectivity index (χ3n) is 3.09. The molecule has 2 rings (SSSR count). The molecule has 2 aromatic rings. The van der Waals surface area contributed by atoms with Crippen LogP contribution in [0.5, 0.6) is 0 Å². The number of amides is 2. The van der Waals surface area contributed by atoms with E-state index in [-0.39, 0.29) is 6.54 Å². The molecule has 4 nitrogen and oxygen atoms in total. The van der Waals surface area contributed by atoms with Crippen LogP contribution in [0.15, 0.2) is 35.7 Å². The van der Waals surface area contributed by atoms with Gasteiger partial charge in [-0.05, 0) is 43.0 Å². The topological polar surface area (TPSA) is 61.4 Å². The molecule has 1 heterocycles. The first-order valence-corrected chi connectivity index (χ1v) is 7.34. The van der Waals surface area contributed by atoms with Gasteiger partial charge in [-0.25, -0.2) is 9.18 Å². The van der Waals surface area contributed by atoms with Crippen molar-refractivity contribution in [2.24, 2.45) is 0 Å². The van der Waals surface area contributed by atoms with Crippen LogP contribution in [0.2, 0.25) is 0 Å². The Balaban J connectivity index is 1.95. The van der Waals surface area contributed by atoms with Gasteiger partial charge in [0.05, 0.1) is 6.54 Å². The molecule has 0 spiro atoms. The molecule has 0 radical (unpaired) electrons. The number of thiophene rings is 1. The Morgan fingerprint density at radius 3 is 2.86 bits per heavy atom. The molecule has 1 aromatic heterocycles. The second-order valence-electron chi connectivity index (χ2n) is 5.02. The van der Waals surface area contributed by atoms with Crippen LogP contribution >= 0.6 is 11.3 Å². The third kappa shape index (κ3) is 4.03. The van der Waals surface area contributed by atoms with Gasteiger partial charge in [0.1, 0.15) is 11.4 Å². The van der Waals surface area contributed by atoms with E-state index in [1.807, 2.05) is 11.4 Å². The number of anilines is 1. The molecular formula is C15H17FN2O2S. The molecule has 112 valence electrons. The van der Waals surface area contributed by atoms with E-state index >= 15 is 0 Å². The largest absolute Gasteiger partial charge is 0.383 e. The Kier molecular flexibility index (Phi) is 4.59. The second-order valence-corrected chi connectivity index (χ2v) is 5.97. The predicted molar refractivity (Wildman–Crippen MR) is 82.0 cm³/mol. The number of benzene rings is 1. The molecule has 0 bridgehead atoms. The van der Waals surface area contributed by atoms with E-state index in [1.165, 1.54) is 23.5 Å². The number of aryl methyl sites for hydroxylation is 1. The van der Waals surface area contributed by atoms with Gasteiger partial charge in [-0.1, -0.05) is 12.1 Å². The van der Waals surface area contributed by atoms with E-state index in [4.69, 9.17) is 0 Å². The smallest absolute Gasteiger partial charge is 0.319 e. The summed E-state index contributed by atoms with van der Waals surface area (Å²) in [4.78, 5) is 12.6. The van der Waals surface area contributed by atoms with Gasteiger partial charge >= 0.3 is 6.03 Å². The first-order chi connectivity index (χ1) is 9.88. The number of hydrogen-bond acceptors (Lipinski definition) is 3. The van der Waals surface area contributed by atoms with Crippen LogP contribution in [-0.2, 0) is 5.60 Å². The molecule has 1 unspecified atom stereocenters. The summed E-state index contributed by atoms with van der Waals surface area (Å²) in [5.41, 5.74) is 0.0301. The maximum atomic E-state index is 13.1. The highest BCUT2D eigenvalue weighted by Gasteiger charge is 2.24. The molecule has 1 aromatic carbocycles. The van der Waals surface area contributed by atoms with Gasteiger partial charge in [-0.15, -0.1) is 11.3 Å². The molecule has 0 aliphatic rings. The van der Waals surface area contributed by atoms with Crippen molar-refractivity contribution < 1.29 is 14.3 Å². The maximum absolute atomic E-state index is 13.1. The average Bonchev–Trinajstić information content (AvgIpc) is 2.96. The molecule has 2 amide bonds. The Morgan fingerprint density at radius 2 is 2.19 bits per heavy atom. The second kappa shape index (κ2) is 6.24. The Morgan fingerprint density at radius 1 is 1.43 bits per heavy atom. The standard InChI is InChI=1S/C15H17FN2O2S/c1-10-5-6-11(16)8-12(10)18-14(19)17-9-15(2,20)13-4-3-7-21-13/h3-8,20H,9H2,1-2H3,(H2,17,18,19). The number of carbonyl (C=O) groups excluding carboxylic acids is 1. The van der Waals surface area contributed by atoms with Gasteiger partial charge in [0.2, 0.25) is 0 Å². The summed E-state index contributed by atoms with van der Waals surface area (Å²) in [6, 6.07) is 7.34. The van der Waals surface area contributed by atoms with E-state index in [9.17, 15) is 14.3 Å². The SMILES string of the molecule is Cc1ccc(F)cc1NC(=O)NCC(C)(O)c1cccs1. The van der Waals surface area contributed by atoms with Crippen LogP contribution < -0.4 is 10.6 Å². The van der Waals surface area contributed by atoms with Crippen LogP contribution in [-0.4, -0.2) is 17.7 Å². The van der Waals surface area contributed by atoms with Gasteiger partial charge in [0.25, 0.3) is 0 Å². The van der Waals surface area contributed by atoms with Gasteiger partial charge < -0.3 is 15.7 Å². The van der Waals surface area contributed by atoms with Crippen LogP contribution in [0.25, 0.3) is 0 Å². The summed E-state index contributed by atoms with van der Waals surface area (Å²) < 4.78 is 13.1. The van der Waals surface area contributed by atoms with Gasteiger partial charge in [-0.3, -0.25) is 0 Å². The molecule has 6 heteroatoms. The van der Waals surface area contributed by atoms with Crippen molar-refractivity contribution in [3.63, 3.8) is 0 Å². The third-order valence-corrected chi connectivity index (χ3v) is 4.22. The number of aliphatic hydroxyl groups is 1. The Labute approximate surface area is 126 Å². The lowest BCUT2D eigenvalue weighted by Crippen LogP contribution is -2.40. The molecule has 0 aliphatic carbocycles. The van der Waals surface area contributed by atoms with Crippen molar-refractivity contribution in [3.05, 3.63) is 52.0 Å². The Bertz CT molecular complexity index is 627. The normalized spacial score (nSPS) is 13.5. The summed E-state index contributed by atoms with van der Waals surface area (Å²) in [5, 5.41) is 17.3. The lowest BCUT2D eigenvalue weighted by molar-refractivity contribution is 0.0637. The number of halogens is 1. The first-order valence-electron chi connectivity index (χ1n) is 6.46. The Hall–Kier alpha value is -1.92. The zero-order chi connectivity index (χ0) is 15.5. The van der Waals surface area contributed by atoms with Crippen molar-refractivity contribution in [2.75, 3.05) is 11.9 Å². The van der Waals surface area contributed by atoms with Crippen LogP contribution in [0.3, 0.4) is 0 Å². The minimum absolute atomic E-state index is 0.0632. The molecular weight excluding hydrogens is 291 g/mol. The highest BCUT2D eigenvalue weighted by atomic mass is 32.1. The van der Waals surface area contributed by atoms with Crippen LogP contribution in [0.4, 0.5) is 14.9 Å². The summed E-state index contributed by atoms with van der Waals surface area (Å²) in [7, 11) is 0. The van der Waals surface area contributed by atoms with E-state index in [1.54, 1.807) is 26.0 Å². The zero-order valence-electron chi connectivity index (χ0n) is 11.8. The van der Waals surface area contributed by atoms with E-state index < -0.39 is 17.4 Å². The highest BCUT2D eigenvalue weighted by Crippen LogP contribution is 2.24. The molecule has 21 heavy (non-hydrogen) atoms. The van der Waals surface area contributed by atoms with E-state index in [2.05, 4.69) is 10.6 Å². The summed E-state index contributed by atoms with van der Waals surface area (Å²) >= 11 is 1.42. The molecule has 0 aliphatic heterocycles. The maximum Gasteiger partial charge on any atom is 0.319 e. The fourth-order valence-corrected chi connectivity index (χ4v) is 2.61. The van der Waals surface area contributed by atoms with Crippen molar-refractivity contribution >= 4 is 23.1 Å². The molecule has 0 saturated heterocycles. The quantitative estimate of drug-likeness (QED) is 0.812. The van der Waals surface area contributed by atoms with Crippen molar-refractivity contribution in [3.8, 4) is 0 Å². The summed E-state index contributed by atoms with van der Waals surface area (Å²) in [6.45, 7) is 3.47.